The Labute approximate surface area is 132 Å². The van der Waals surface area contributed by atoms with Crippen molar-refractivity contribution < 1.29 is 0 Å². The summed E-state index contributed by atoms with van der Waals surface area (Å²) in [4.78, 5) is 4.14. The molecule has 1 N–H and O–H groups in total. The van der Waals surface area contributed by atoms with Crippen LogP contribution in [-0.2, 0) is 6.54 Å². The maximum atomic E-state index is 4.14. The van der Waals surface area contributed by atoms with Crippen molar-refractivity contribution in [2.24, 2.45) is 0 Å². The molecule has 3 aromatic rings. The predicted octanol–water partition coefficient (Wildman–Crippen LogP) is 4.76. The number of fused-ring (bicyclic) bond motifs is 1. The second-order valence-corrected chi connectivity index (χ2v) is 6.04. The van der Waals surface area contributed by atoms with Crippen molar-refractivity contribution in [3.63, 3.8) is 0 Å². The van der Waals surface area contributed by atoms with E-state index in [2.05, 4.69) is 76.2 Å². The van der Waals surface area contributed by atoms with Crippen LogP contribution in [0.5, 0.6) is 0 Å². The Kier molecular flexibility index (Phi) is 3.87. The number of halogens is 1. The van der Waals surface area contributed by atoms with Gasteiger partial charge in [0.05, 0.1) is 0 Å². The normalized spacial score (nSPS) is 10.7. The van der Waals surface area contributed by atoms with E-state index >= 15 is 0 Å². The van der Waals surface area contributed by atoms with Crippen LogP contribution in [0.3, 0.4) is 0 Å². The van der Waals surface area contributed by atoms with E-state index < -0.39 is 0 Å². The molecule has 0 spiro atoms. The zero-order valence-electron chi connectivity index (χ0n) is 11.2. The summed E-state index contributed by atoms with van der Waals surface area (Å²) in [7, 11) is 0. The topological polar surface area (TPSA) is 24.9 Å². The van der Waals surface area contributed by atoms with Crippen molar-refractivity contribution in [2.75, 3.05) is 5.32 Å². The Morgan fingerprint density at radius 3 is 2.80 bits per heavy atom. The van der Waals surface area contributed by atoms with Gasteiger partial charge in [-0.2, -0.15) is 0 Å². The lowest BCUT2D eigenvalue weighted by Crippen LogP contribution is -1.99. The van der Waals surface area contributed by atoms with E-state index in [1.165, 1.54) is 25.5 Å². The second kappa shape index (κ2) is 5.79. The van der Waals surface area contributed by atoms with Crippen molar-refractivity contribution in [3.05, 3.63) is 69.6 Å². The van der Waals surface area contributed by atoms with E-state index in [1.54, 1.807) is 0 Å². The number of nitrogens with one attached hydrogen (secondary N) is 1. The standard InChI is InChI=1S/C17H15IN2/c1-12-2-5-16(9-17(12)18)20-10-13-3-4-15-11-19-7-6-14(15)8-13/h2-9,11,20H,10H2,1H3. The predicted molar refractivity (Wildman–Crippen MR) is 93.0 cm³/mol. The summed E-state index contributed by atoms with van der Waals surface area (Å²) in [5.74, 6) is 0. The smallest absolute Gasteiger partial charge is 0.0401 e. The third kappa shape index (κ3) is 2.93. The van der Waals surface area contributed by atoms with Crippen LogP contribution in [0.15, 0.2) is 54.9 Å². The number of pyridine rings is 1. The lowest BCUT2D eigenvalue weighted by Gasteiger charge is -2.09. The average Bonchev–Trinajstić information content (AvgIpc) is 2.48. The number of nitrogens with zero attached hydrogens (tertiary/aromatic N) is 1. The van der Waals surface area contributed by atoms with Crippen molar-refractivity contribution >= 4 is 39.1 Å². The molecule has 0 aliphatic rings. The number of benzene rings is 2. The molecule has 3 heteroatoms. The van der Waals surface area contributed by atoms with Gasteiger partial charge >= 0.3 is 0 Å². The van der Waals surface area contributed by atoms with E-state index in [-0.39, 0.29) is 0 Å². The largest absolute Gasteiger partial charge is 0.381 e. The van der Waals surface area contributed by atoms with Gasteiger partial charge in [-0.15, -0.1) is 0 Å². The van der Waals surface area contributed by atoms with Crippen LogP contribution in [0.2, 0.25) is 0 Å². The molecule has 0 fully saturated rings. The summed E-state index contributed by atoms with van der Waals surface area (Å²) >= 11 is 2.37. The van der Waals surface area contributed by atoms with Gasteiger partial charge in [-0.3, -0.25) is 4.98 Å². The molecule has 0 amide bonds. The summed E-state index contributed by atoms with van der Waals surface area (Å²) in [5, 5.41) is 5.89. The van der Waals surface area contributed by atoms with Crippen molar-refractivity contribution in [2.45, 2.75) is 13.5 Å². The molecule has 1 heterocycles. The highest BCUT2D eigenvalue weighted by Crippen LogP contribution is 2.19. The quantitative estimate of drug-likeness (QED) is 0.669. The van der Waals surface area contributed by atoms with Crippen LogP contribution in [0.1, 0.15) is 11.1 Å². The molecule has 2 aromatic carbocycles. The monoisotopic (exact) mass is 374 g/mol. The molecule has 0 aliphatic carbocycles. The van der Waals surface area contributed by atoms with Crippen molar-refractivity contribution in [1.82, 2.24) is 4.98 Å². The average molecular weight is 374 g/mol. The fraction of sp³-hybridized carbons (Fsp3) is 0.118. The molecule has 0 aliphatic heterocycles. The van der Waals surface area contributed by atoms with Gasteiger partial charge in [0.25, 0.3) is 0 Å². The minimum atomic E-state index is 0.831. The van der Waals surface area contributed by atoms with Gasteiger partial charge in [0.15, 0.2) is 0 Å². The molecule has 0 unspecified atom stereocenters. The van der Waals surface area contributed by atoms with Crippen LogP contribution < -0.4 is 5.32 Å². The third-order valence-electron chi connectivity index (χ3n) is 3.37. The summed E-state index contributed by atoms with van der Waals surface area (Å²) in [6.45, 7) is 2.96. The summed E-state index contributed by atoms with van der Waals surface area (Å²) < 4.78 is 1.29. The Morgan fingerprint density at radius 2 is 1.95 bits per heavy atom. The zero-order valence-corrected chi connectivity index (χ0v) is 13.4. The number of aryl methyl sites for hydroxylation is 1. The molecule has 20 heavy (non-hydrogen) atoms. The molecule has 100 valence electrons. The molecule has 0 atom stereocenters. The number of hydrogen-bond acceptors (Lipinski definition) is 2. The van der Waals surface area contributed by atoms with Crippen LogP contribution >= 0.6 is 22.6 Å². The first-order valence-corrected chi connectivity index (χ1v) is 7.63. The van der Waals surface area contributed by atoms with Crippen LogP contribution in [0, 0.1) is 10.5 Å². The van der Waals surface area contributed by atoms with Crippen molar-refractivity contribution in [1.29, 1.82) is 0 Å². The van der Waals surface area contributed by atoms with Crippen LogP contribution in [0.25, 0.3) is 10.8 Å². The highest BCUT2D eigenvalue weighted by molar-refractivity contribution is 14.1. The maximum Gasteiger partial charge on any atom is 0.0401 e. The second-order valence-electron chi connectivity index (χ2n) is 4.87. The molecular weight excluding hydrogens is 359 g/mol. The van der Waals surface area contributed by atoms with Gasteiger partial charge in [-0.1, -0.05) is 18.2 Å². The van der Waals surface area contributed by atoms with Gasteiger partial charge in [0, 0.05) is 33.6 Å². The molecular formula is C17H15IN2. The summed E-state index contributed by atoms with van der Waals surface area (Å²) in [6, 6.07) is 15.0. The van der Waals surface area contributed by atoms with E-state index in [4.69, 9.17) is 0 Å². The van der Waals surface area contributed by atoms with E-state index in [0.717, 1.165) is 12.2 Å². The van der Waals surface area contributed by atoms with Gasteiger partial charge < -0.3 is 5.32 Å². The Morgan fingerprint density at radius 1 is 1.05 bits per heavy atom. The fourth-order valence-electron chi connectivity index (χ4n) is 2.15. The fourth-order valence-corrected chi connectivity index (χ4v) is 2.66. The summed E-state index contributed by atoms with van der Waals surface area (Å²) in [5.41, 5.74) is 3.75. The van der Waals surface area contributed by atoms with E-state index in [1.807, 2.05) is 18.5 Å². The van der Waals surface area contributed by atoms with E-state index in [0.29, 0.717) is 0 Å². The zero-order chi connectivity index (χ0) is 13.9. The van der Waals surface area contributed by atoms with Gasteiger partial charge in [-0.05, 0) is 70.3 Å². The highest BCUT2D eigenvalue weighted by atomic mass is 127. The molecule has 1 aromatic heterocycles. The van der Waals surface area contributed by atoms with Crippen LogP contribution in [-0.4, -0.2) is 4.98 Å². The molecule has 0 saturated heterocycles. The Hall–Kier alpha value is -1.62. The maximum absolute atomic E-state index is 4.14. The third-order valence-corrected chi connectivity index (χ3v) is 4.54. The number of rotatable bonds is 3. The number of anilines is 1. The Balaban J connectivity index is 1.77. The lowest BCUT2D eigenvalue weighted by atomic mass is 10.1. The minimum absolute atomic E-state index is 0.831. The first-order chi connectivity index (χ1) is 9.72. The molecule has 0 saturated carbocycles. The van der Waals surface area contributed by atoms with Gasteiger partial charge in [0.1, 0.15) is 0 Å². The lowest BCUT2D eigenvalue weighted by molar-refractivity contribution is 1.15. The molecule has 0 bridgehead atoms. The summed E-state index contributed by atoms with van der Waals surface area (Å²) in [6.07, 6.45) is 3.73. The van der Waals surface area contributed by atoms with Crippen LogP contribution in [0.4, 0.5) is 5.69 Å². The molecule has 0 radical (unpaired) electrons. The molecule has 3 rings (SSSR count). The first kappa shape index (κ1) is 13.4. The van der Waals surface area contributed by atoms with Gasteiger partial charge in [-0.25, -0.2) is 0 Å². The van der Waals surface area contributed by atoms with Crippen molar-refractivity contribution in [3.8, 4) is 0 Å². The number of aromatic nitrogens is 1. The highest BCUT2D eigenvalue weighted by Gasteiger charge is 1.99. The first-order valence-electron chi connectivity index (χ1n) is 6.55. The Bertz CT molecular complexity index is 753. The minimum Gasteiger partial charge on any atom is -0.381 e. The van der Waals surface area contributed by atoms with E-state index in [9.17, 15) is 0 Å². The number of hydrogen-bond donors (Lipinski definition) is 1. The SMILES string of the molecule is Cc1ccc(NCc2ccc3cnccc3c2)cc1I. The molecule has 2 nitrogen and oxygen atoms in total. The van der Waals surface area contributed by atoms with Gasteiger partial charge in [0.2, 0.25) is 0 Å².